The average molecular weight is 801 g/mol. The van der Waals surface area contributed by atoms with Crippen LogP contribution in [0.4, 0.5) is 5.69 Å². The molecule has 0 unspecified atom stereocenters. The minimum absolute atomic E-state index is 0.0242. The van der Waals surface area contributed by atoms with E-state index in [-0.39, 0.29) is 36.6 Å². The Morgan fingerprint density at radius 3 is 2.17 bits per heavy atom. The third-order valence-electron chi connectivity index (χ3n) is 9.51. The molecule has 3 aliphatic rings. The van der Waals surface area contributed by atoms with E-state index in [1.165, 1.54) is 4.57 Å². The number of cyclic esters (lactones) is 2. The van der Waals surface area contributed by atoms with Gasteiger partial charge in [-0.3, -0.25) is 23.2 Å². The molecule has 2 aromatic rings. The Labute approximate surface area is 318 Å². The number of anilines is 1. The number of hydrogen-bond donors (Lipinski definition) is 3. The summed E-state index contributed by atoms with van der Waals surface area (Å²) in [6.07, 6.45) is 1.13. The van der Waals surface area contributed by atoms with E-state index in [0.717, 1.165) is 25.7 Å². The second-order valence-corrected chi connectivity index (χ2v) is 17.3. The number of aromatic nitrogens is 2. The summed E-state index contributed by atoms with van der Waals surface area (Å²) in [6.45, 7) is 5.49. The number of nitriles is 1. The first-order chi connectivity index (χ1) is 25.7. The van der Waals surface area contributed by atoms with Crippen molar-refractivity contribution in [3.05, 3.63) is 23.0 Å². The maximum Gasteiger partial charge on any atom is 0.361 e. The van der Waals surface area contributed by atoms with E-state index in [4.69, 9.17) is 49.1 Å². The number of carbonyl (C=O) groups is 2. The molecule has 4 heterocycles. The van der Waals surface area contributed by atoms with E-state index < -0.39 is 74.8 Å². The Balaban J connectivity index is 1.25. The number of nitrogens with zero attached hydrogens (tertiary/aromatic N) is 3. The van der Waals surface area contributed by atoms with Gasteiger partial charge in [-0.25, -0.2) is 4.98 Å². The molecule has 2 aliphatic heterocycles. The van der Waals surface area contributed by atoms with E-state index in [1.54, 1.807) is 40.0 Å². The molecule has 19 heteroatoms. The molecule has 1 aliphatic carbocycles. The van der Waals surface area contributed by atoms with Gasteiger partial charge in [0.25, 0.3) is 0 Å². The zero-order valence-electron chi connectivity index (χ0n) is 31.0. The van der Waals surface area contributed by atoms with Crippen molar-refractivity contribution in [3.8, 4) is 6.07 Å². The number of nitrogens with one attached hydrogen (secondary N) is 1. The maximum absolute atomic E-state index is 13.8. The van der Waals surface area contributed by atoms with Crippen LogP contribution in [0.3, 0.4) is 0 Å². The highest BCUT2D eigenvalue weighted by atomic mass is 35.5. The second-order valence-electron chi connectivity index (χ2n) is 14.9. The van der Waals surface area contributed by atoms with E-state index in [9.17, 15) is 29.6 Å². The van der Waals surface area contributed by atoms with Gasteiger partial charge in [0.1, 0.15) is 41.9 Å². The molecule has 0 aromatic carbocycles. The highest BCUT2D eigenvalue weighted by Gasteiger charge is 2.45. The van der Waals surface area contributed by atoms with Crippen LogP contribution in [0.15, 0.2) is 12.3 Å². The molecule has 0 amide bonds. The fourth-order valence-corrected chi connectivity index (χ4v) is 7.45. The minimum atomic E-state index is -4.29. The molecule has 3 N–H and O–H groups in total. The SMILES string of the molecule is CC1(C)COCCCCOCC(C)(C)C(=O)OCOP(=O)(COC[C@H]2O[C@@H](n3ccc4c(NC5CCCC5)c(C#N)c(Cl)nc43)[C@H](O)[C@@H]2O)OCOC1=O. The Morgan fingerprint density at radius 2 is 1.59 bits per heavy atom. The Hall–Kier alpha value is -2.88. The second kappa shape index (κ2) is 18.4. The molecule has 4 atom stereocenters. The Kier molecular flexibility index (Phi) is 14.4. The van der Waals surface area contributed by atoms with Gasteiger partial charge in [-0.05, 0) is 59.4 Å². The number of pyridine rings is 1. The number of ether oxygens (including phenoxy) is 6. The van der Waals surface area contributed by atoms with Gasteiger partial charge in [0.2, 0.25) is 13.6 Å². The number of aliphatic hydroxyl groups excluding tert-OH is 2. The van der Waals surface area contributed by atoms with Crippen molar-refractivity contribution in [2.45, 2.75) is 96.8 Å². The Morgan fingerprint density at radius 1 is 1.00 bits per heavy atom. The van der Waals surface area contributed by atoms with Crippen LogP contribution in [0.2, 0.25) is 5.15 Å². The molecule has 0 spiro atoms. The number of carbonyl (C=O) groups excluding carboxylic acids is 2. The number of rotatable bonds is 7. The van der Waals surface area contributed by atoms with Crippen molar-refractivity contribution in [1.82, 2.24) is 9.55 Å². The van der Waals surface area contributed by atoms with E-state index in [0.29, 0.717) is 42.8 Å². The molecule has 300 valence electrons. The summed E-state index contributed by atoms with van der Waals surface area (Å²) in [7, 11) is -4.29. The minimum Gasteiger partial charge on any atom is -0.437 e. The first-order valence-corrected chi connectivity index (χ1v) is 20.1. The largest absolute Gasteiger partial charge is 0.437 e. The molecular formula is C35H50ClN4O13P. The van der Waals surface area contributed by atoms with E-state index >= 15 is 0 Å². The standard InChI is InChI=1S/C35H50ClN4O13P/c1-34(2)17-46-13-7-8-14-47-18-35(3,4)33(44)50-20-52-54(45,51-19-49-32(34)43)21-48-16-25-27(41)28(42)31(53-25)40-12-11-23-26(38-22-9-5-6-10-22)24(15-37)29(36)39-30(23)40/h11-12,22,25,27-28,31,41-42H,5-10,13-14,16-21H2,1-4H3,(H,38,39)/t25-,27-,28-,31-/m1/s1. The first-order valence-electron chi connectivity index (χ1n) is 18.0. The zero-order chi connectivity index (χ0) is 39.1. The number of aliphatic hydroxyl groups is 2. The topological polar surface area (TPSA) is 219 Å². The number of halogens is 1. The van der Waals surface area contributed by atoms with Crippen LogP contribution >= 0.6 is 19.2 Å². The van der Waals surface area contributed by atoms with Crippen LogP contribution in [-0.2, 0) is 51.6 Å². The highest BCUT2D eigenvalue weighted by molar-refractivity contribution is 7.53. The van der Waals surface area contributed by atoms with Gasteiger partial charge in [-0.15, -0.1) is 0 Å². The van der Waals surface area contributed by atoms with E-state index in [2.05, 4.69) is 16.4 Å². The van der Waals surface area contributed by atoms with Crippen LogP contribution < -0.4 is 5.32 Å². The number of fused-ring (bicyclic) bond motifs is 1. The van der Waals surface area contributed by atoms with Crippen molar-refractivity contribution >= 4 is 47.9 Å². The van der Waals surface area contributed by atoms with Crippen molar-refractivity contribution in [3.63, 3.8) is 0 Å². The normalized spacial score (nSPS) is 27.7. The van der Waals surface area contributed by atoms with Gasteiger partial charge < -0.3 is 48.5 Å². The quantitative estimate of drug-likeness (QED) is 0.198. The fourth-order valence-electron chi connectivity index (χ4n) is 6.25. The van der Waals surface area contributed by atoms with Crippen LogP contribution in [0.1, 0.15) is 78.0 Å². The fraction of sp³-hybridized carbons (Fsp3) is 0.714. The average Bonchev–Trinajstić information content (AvgIpc) is 3.85. The van der Waals surface area contributed by atoms with Crippen LogP contribution in [0, 0.1) is 22.2 Å². The summed E-state index contributed by atoms with van der Waals surface area (Å²) in [4.78, 5) is 30.0. The van der Waals surface area contributed by atoms with Crippen LogP contribution in [0.5, 0.6) is 0 Å². The molecule has 0 bridgehead atoms. The summed E-state index contributed by atoms with van der Waals surface area (Å²) in [5.74, 6) is -1.35. The molecule has 3 fully saturated rings. The molecule has 2 aromatic heterocycles. The monoisotopic (exact) mass is 800 g/mol. The molecule has 54 heavy (non-hydrogen) atoms. The van der Waals surface area contributed by atoms with Crippen LogP contribution in [0.25, 0.3) is 11.0 Å². The molecule has 1 saturated carbocycles. The van der Waals surface area contributed by atoms with Gasteiger partial charge in [-0.1, -0.05) is 24.4 Å². The van der Waals surface area contributed by atoms with Crippen molar-refractivity contribution < 1.29 is 61.8 Å². The van der Waals surface area contributed by atoms with Gasteiger partial charge in [0.05, 0.1) is 36.3 Å². The molecule has 5 rings (SSSR count). The van der Waals surface area contributed by atoms with E-state index in [1.807, 2.05) is 0 Å². The molecule has 17 nitrogen and oxygen atoms in total. The molecule has 2 saturated heterocycles. The van der Waals surface area contributed by atoms with Crippen LogP contribution in [-0.4, -0.2) is 109 Å². The summed E-state index contributed by atoms with van der Waals surface area (Å²) in [6, 6.07) is 4.03. The lowest BCUT2D eigenvalue weighted by Gasteiger charge is -2.24. The van der Waals surface area contributed by atoms with Gasteiger partial charge in [0, 0.05) is 30.8 Å². The molecular weight excluding hydrogens is 751 g/mol. The van der Waals surface area contributed by atoms with Crippen molar-refractivity contribution in [2.75, 3.05) is 58.3 Å². The molecule has 0 radical (unpaired) electrons. The van der Waals surface area contributed by atoms with Gasteiger partial charge >= 0.3 is 19.5 Å². The summed E-state index contributed by atoms with van der Waals surface area (Å²) < 4.78 is 59.5. The summed E-state index contributed by atoms with van der Waals surface area (Å²) in [5.41, 5.74) is -1.03. The number of hydrogen-bond acceptors (Lipinski definition) is 16. The number of esters is 2. The third-order valence-corrected chi connectivity index (χ3v) is 11.3. The lowest BCUT2D eigenvalue weighted by Crippen LogP contribution is -2.34. The zero-order valence-corrected chi connectivity index (χ0v) is 32.6. The van der Waals surface area contributed by atoms with Crippen molar-refractivity contribution in [2.24, 2.45) is 10.8 Å². The third kappa shape index (κ3) is 10.3. The lowest BCUT2D eigenvalue weighted by atomic mass is 9.95. The lowest BCUT2D eigenvalue weighted by molar-refractivity contribution is -0.166. The Bertz CT molecular complexity index is 1670. The van der Waals surface area contributed by atoms with Gasteiger partial charge in [-0.2, -0.15) is 5.26 Å². The summed E-state index contributed by atoms with van der Waals surface area (Å²) >= 11 is 6.45. The first kappa shape index (κ1) is 42.3. The van der Waals surface area contributed by atoms with Crippen molar-refractivity contribution in [1.29, 1.82) is 5.26 Å². The maximum atomic E-state index is 13.8. The highest BCUT2D eigenvalue weighted by Crippen LogP contribution is 2.48. The smallest absolute Gasteiger partial charge is 0.361 e. The van der Waals surface area contributed by atoms with Gasteiger partial charge in [0.15, 0.2) is 11.4 Å². The predicted octanol–water partition coefficient (Wildman–Crippen LogP) is 4.62. The predicted molar refractivity (Wildman–Crippen MR) is 192 cm³/mol. The summed E-state index contributed by atoms with van der Waals surface area (Å²) in [5, 5.41) is 35.9.